The molecule has 0 fully saturated rings. The highest BCUT2D eigenvalue weighted by atomic mass is 35.5. The summed E-state index contributed by atoms with van der Waals surface area (Å²) in [6.45, 7) is 1.98. The molecule has 0 bridgehead atoms. The lowest BCUT2D eigenvalue weighted by Gasteiger charge is -2.02. The highest BCUT2D eigenvalue weighted by Crippen LogP contribution is 2.27. The van der Waals surface area contributed by atoms with Crippen molar-refractivity contribution in [2.75, 3.05) is 0 Å². The number of carbonyl (C=O) groups excluding carboxylic acids is 1. The molecule has 2 aromatic heterocycles. The van der Waals surface area contributed by atoms with Crippen molar-refractivity contribution in [2.45, 2.75) is 6.92 Å². The number of benzene rings is 1. The van der Waals surface area contributed by atoms with Gasteiger partial charge in [-0.25, -0.2) is 5.43 Å². The number of amides is 1. The average Bonchev–Trinajstić information content (AvgIpc) is 3.21. The Morgan fingerprint density at radius 2 is 2.13 bits per heavy atom. The molecule has 3 aromatic rings. The summed E-state index contributed by atoms with van der Waals surface area (Å²) in [6.07, 6.45) is 2.84. The topological polar surface area (TPSA) is 67.7 Å². The normalized spacial score (nSPS) is 11.0. The number of halogens is 1. The monoisotopic (exact) mass is 328 g/mol. The van der Waals surface area contributed by atoms with Gasteiger partial charge in [-0.3, -0.25) is 4.79 Å². The molecule has 0 unspecified atom stereocenters. The number of hydrazone groups is 1. The van der Waals surface area contributed by atoms with Gasteiger partial charge in [-0.1, -0.05) is 17.7 Å². The van der Waals surface area contributed by atoms with E-state index in [9.17, 15) is 4.79 Å². The predicted molar refractivity (Wildman–Crippen MR) is 87.7 cm³/mol. The molecule has 0 spiro atoms. The second-order valence-corrected chi connectivity index (χ2v) is 5.27. The van der Waals surface area contributed by atoms with Crippen LogP contribution in [0.1, 0.15) is 21.9 Å². The number of furan rings is 2. The van der Waals surface area contributed by atoms with Crippen LogP contribution in [0.2, 0.25) is 5.02 Å². The van der Waals surface area contributed by atoms with E-state index in [1.54, 1.807) is 18.2 Å². The van der Waals surface area contributed by atoms with Crippen LogP contribution in [-0.4, -0.2) is 12.1 Å². The molecule has 6 heteroatoms. The van der Waals surface area contributed by atoms with Crippen LogP contribution in [-0.2, 0) is 0 Å². The van der Waals surface area contributed by atoms with Crippen molar-refractivity contribution in [1.82, 2.24) is 5.43 Å². The molecule has 0 saturated heterocycles. The van der Waals surface area contributed by atoms with Gasteiger partial charge in [-0.05, 0) is 48.9 Å². The third-order valence-corrected chi connectivity index (χ3v) is 3.43. The van der Waals surface area contributed by atoms with E-state index in [4.69, 9.17) is 20.4 Å². The van der Waals surface area contributed by atoms with E-state index < -0.39 is 5.91 Å². The maximum atomic E-state index is 11.6. The molecule has 1 amide bonds. The Kier molecular flexibility index (Phi) is 4.30. The van der Waals surface area contributed by atoms with Crippen LogP contribution in [0.4, 0.5) is 0 Å². The molecule has 5 nitrogen and oxygen atoms in total. The van der Waals surface area contributed by atoms with Gasteiger partial charge in [-0.15, -0.1) is 0 Å². The summed E-state index contributed by atoms with van der Waals surface area (Å²) >= 11 is 6.02. The van der Waals surface area contributed by atoms with Gasteiger partial charge in [0.05, 0.1) is 12.5 Å². The molecular formula is C17H13ClN2O3. The van der Waals surface area contributed by atoms with Gasteiger partial charge < -0.3 is 8.83 Å². The van der Waals surface area contributed by atoms with Crippen LogP contribution in [0.5, 0.6) is 0 Å². The van der Waals surface area contributed by atoms with Gasteiger partial charge in [0.15, 0.2) is 5.76 Å². The molecule has 0 aliphatic carbocycles. The summed E-state index contributed by atoms with van der Waals surface area (Å²) < 4.78 is 10.7. The minimum atomic E-state index is -0.427. The lowest BCUT2D eigenvalue weighted by molar-refractivity contribution is 0.0927. The number of nitrogens with one attached hydrogen (secondary N) is 1. The number of hydrogen-bond acceptors (Lipinski definition) is 4. The molecule has 1 aromatic carbocycles. The molecule has 1 N–H and O–H groups in total. The van der Waals surface area contributed by atoms with Crippen molar-refractivity contribution in [1.29, 1.82) is 0 Å². The fourth-order valence-corrected chi connectivity index (χ4v) is 2.22. The predicted octanol–water partition coefficient (Wildman–Crippen LogP) is 4.27. The lowest BCUT2D eigenvalue weighted by atomic mass is 10.1. The summed E-state index contributed by atoms with van der Waals surface area (Å²) in [5, 5.41) is 4.48. The Hall–Kier alpha value is -2.79. The Labute approximate surface area is 137 Å². The largest absolute Gasteiger partial charge is 0.459 e. The van der Waals surface area contributed by atoms with Crippen molar-refractivity contribution in [2.24, 2.45) is 5.10 Å². The summed E-state index contributed by atoms with van der Waals surface area (Å²) in [7, 11) is 0. The van der Waals surface area contributed by atoms with E-state index in [1.807, 2.05) is 31.2 Å². The van der Waals surface area contributed by atoms with Crippen LogP contribution >= 0.6 is 11.6 Å². The zero-order valence-corrected chi connectivity index (χ0v) is 13.0. The van der Waals surface area contributed by atoms with Crippen molar-refractivity contribution >= 4 is 23.7 Å². The van der Waals surface area contributed by atoms with Crippen LogP contribution in [0, 0.1) is 6.92 Å². The second-order valence-electron chi connectivity index (χ2n) is 4.84. The first-order chi connectivity index (χ1) is 11.1. The standard InChI is InChI=1S/C17H13ClN2O3/c1-11-4-5-12(18)9-14(11)15-7-6-13(23-15)10-19-20-17(21)16-3-2-8-22-16/h2-10H,1H3,(H,20,21)/b19-10-. The van der Waals surface area contributed by atoms with Crippen molar-refractivity contribution in [3.63, 3.8) is 0 Å². The van der Waals surface area contributed by atoms with E-state index in [1.165, 1.54) is 12.5 Å². The van der Waals surface area contributed by atoms with Gasteiger partial charge >= 0.3 is 5.91 Å². The molecule has 0 radical (unpaired) electrons. The SMILES string of the molecule is Cc1ccc(Cl)cc1-c1ccc(/C=N\NC(=O)c2ccco2)o1. The quantitative estimate of drug-likeness (QED) is 0.574. The first kappa shape index (κ1) is 15.1. The zero-order valence-electron chi connectivity index (χ0n) is 12.2. The van der Waals surface area contributed by atoms with Crippen LogP contribution < -0.4 is 5.43 Å². The highest BCUT2D eigenvalue weighted by Gasteiger charge is 2.08. The van der Waals surface area contributed by atoms with Gasteiger partial charge in [-0.2, -0.15) is 5.10 Å². The molecule has 23 heavy (non-hydrogen) atoms. The van der Waals surface area contributed by atoms with Gasteiger partial charge in [0.25, 0.3) is 0 Å². The van der Waals surface area contributed by atoms with Crippen molar-refractivity contribution in [3.8, 4) is 11.3 Å². The first-order valence-corrected chi connectivity index (χ1v) is 7.24. The van der Waals surface area contributed by atoms with E-state index in [-0.39, 0.29) is 5.76 Å². The molecule has 3 rings (SSSR count). The molecule has 0 aliphatic rings. The fourth-order valence-electron chi connectivity index (χ4n) is 2.04. The Morgan fingerprint density at radius 3 is 2.91 bits per heavy atom. The fraction of sp³-hybridized carbons (Fsp3) is 0.0588. The molecule has 0 saturated carbocycles. The van der Waals surface area contributed by atoms with Crippen LogP contribution in [0.3, 0.4) is 0 Å². The summed E-state index contributed by atoms with van der Waals surface area (Å²) in [4.78, 5) is 11.6. The lowest BCUT2D eigenvalue weighted by Crippen LogP contribution is -2.16. The average molecular weight is 329 g/mol. The van der Waals surface area contributed by atoms with Gasteiger partial charge in [0.2, 0.25) is 0 Å². The van der Waals surface area contributed by atoms with Gasteiger partial charge in [0.1, 0.15) is 11.5 Å². The minimum absolute atomic E-state index is 0.192. The van der Waals surface area contributed by atoms with E-state index >= 15 is 0 Å². The maximum Gasteiger partial charge on any atom is 0.307 e. The second kappa shape index (κ2) is 6.54. The Morgan fingerprint density at radius 1 is 1.26 bits per heavy atom. The summed E-state index contributed by atoms with van der Waals surface area (Å²) in [6, 6.07) is 12.4. The van der Waals surface area contributed by atoms with Crippen molar-refractivity contribution < 1.29 is 13.6 Å². The van der Waals surface area contributed by atoms with E-state index in [0.717, 1.165) is 11.1 Å². The number of hydrogen-bond donors (Lipinski definition) is 1. The number of nitrogens with zero attached hydrogens (tertiary/aromatic N) is 1. The summed E-state index contributed by atoms with van der Waals surface area (Å²) in [5.41, 5.74) is 4.33. The highest BCUT2D eigenvalue weighted by molar-refractivity contribution is 6.30. The molecule has 0 atom stereocenters. The Bertz CT molecular complexity index is 851. The van der Waals surface area contributed by atoms with Crippen molar-refractivity contribution in [3.05, 3.63) is 70.8 Å². The molecule has 2 heterocycles. The number of carbonyl (C=O) groups is 1. The summed E-state index contributed by atoms with van der Waals surface area (Å²) in [5.74, 6) is 0.962. The van der Waals surface area contributed by atoms with Crippen LogP contribution in [0.15, 0.2) is 62.7 Å². The zero-order chi connectivity index (χ0) is 16.2. The number of aryl methyl sites for hydroxylation is 1. The molecule has 116 valence electrons. The van der Waals surface area contributed by atoms with Gasteiger partial charge in [0, 0.05) is 10.6 Å². The van der Waals surface area contributed by atoms with E-state index in [2.05, 4.69) is 10.5 Å². The van der Waals surface area contributed by atoms with Crippen LogP contribution in [0.25, 0.3) is 11.3 Å². The Balaban J connectivity index is 1.71. The smallest absolute Gasteiger partial charge is 0.307 e. The first-order valence-electron chi connectivity index (χ1n) is 6.87. The maximum absolute atomic E-state index is 11.6. The molecular weight excluding hydrogens is 316 g/mol. The number of rotatable bonds is 4. The molecule has 0 aliphatic heterocycles. The third kappa shape index (κ3) is 3.52. The van der Waals surface area contributed by atoms with E-state index in [0.29, 0.717) is 16.5 Å². The minimum Gasteiger partial charge on any atom is -0.459 e. The third-order valence-electron chi connectivity index (χ3n) is 3.19.